The second kappa shape index (κ2) is 5.92. The van der Waals surface area contributed by atoms with E-state index in [0.29, 0.717) is 5.69 Å². The minimum Gasteiger partial charge on any atom is -0.478 e. The van der Waals surface area contributed by atoms with Crippen molar-refractivity contribution in [3.05, 3.63) is 47.5 Å². The lowest BCUT2D eigenvalue weighted by Crippen LogP contribution is -2.01. The molecule has 8 nitrogen and oxygen atoms in total. The molecule has 0 heterocycles. The topological polar surface area (TPSA) is 151 Å². The Morgan fingerprint density at radius 3 is 2.09 bits per heavy atom. The SMILES string of the molecule is Nc1cc(N)c(N=Nc2ccc(C(=O)O)cc2)c(C(=O)O)c1. The first-order valence-corrected chi connectivity index (χ1v) is 6.06. The van der Waals surface area contributed by atoms with Crippen molar-refractivity contribution in [1.29, 1.82) is 0 Å². The second-order valence-corrected chi connectivity index (χ2v) is 4.36. The van der Waals surface area contributed by atoms with Crippen LogP contribution in [0.1, 0.15) is 20.7 Å². The van der Waals surface area contributed by atoms with E-state index < -0.39 is 11.9 Å². The Bertz CT molecular complexity index is 769. The van der Waals surface area contributed by atoms with Gasteiger partial charge in [0.15, 0.2) is 0 Å². The monoisotopic (exact) mass is 300 g/mol. The number of rotatable bonds is 4. The Balaban J connectivity index is 2.37. The van der Waals surface area contributed by atoms with Gasteiger partial charge in [0.25, 0.3) is 0 Å². The van der Waals surface area contributed by atoms with Crippen LogP contribution in [0.25, 0.3) is 0 Å². The van der Waals surface area contributed by atoms with E-state index in [2.05, 4.69) is 10.2 Å². The minimum atomic E-state index is -1.23. The smallest absolute Gasteiger partial charge is 0.338 e. The maximum atomic E-state index is 11.2. The number of azo groups is 1. The minimum absolute atomic E-state index is 0.0102. The highest BCUT2D eigenvalue weighted by Crippen LogP contribution is 2.31. The van der Waals surface area contributed by atoms with Crippen LogP contribution < -0.4 is 11.5 Å². The molecule has 0 bridgehead atoms. The zero-order valence-corrected chi connectivity index (χ0v) is 11.2. The largest absolute Gasteiger partial charge is 0.478 e. The molecule has 0 aromatic heterocycles. The van der Waals surface area contributed by atoms with Crippen LogP contribution in [0.5, 0.6) is 0 Å². The van der Waals surface area contributed by atoms with Gasteiger partial charge in [-0.3, -0.25) is 0 Å². The summed E-state index contributed by atoms with van der Waals surface area (Å²) in [7, 11) is 0. The summed E-state index contributed by atoms with van der Waals surface area (Å²) in [6, 6.07) is 8.24. The number of carboxylic acid groups (broad SMARTS) is 2. The van der Waals surface area contributed by atoms with Gasteiger partial charge in [-0.15, -0.1) is 5.11 Å². The first-order chi connectivity index (χ1) is 10.4. The highest BCUT2D eigenvalue weighted by Gasteiger charge is 2.14. The van der Waals surface area contributed by atoms with E-state index in [0.717, 1.165) is 0 Å². The van der Waals surface area contributed by atoms with E-state index in [1.54, 1.807) is 0 Å². The molecule has 0 radical (unpaired) electrons. The number of carboxylic acids is 2. The molecule has 0 atom stereocenters. The summed E-state index contributed by atoms with van der Waals surface area (Å²) in [5.74, 6) is -2.28. The highest BCUT2D eigenvalue weighted by atomic mass is 16.4. The van der Waals surface area contributed by atoms with Gasteiger partial charge in [-0.25, -0.2) is 9.59 Å². The van der Waals surface area contributed by atoms with Gasteiger partial charge in [0.05, 0.1) is 22.5 Å². The Morgan fingerprint density at radius 1 is 0.909 bits per heavy atom. The average Bonchev–Trinajstić information content (AvgIpc) is 2.45. The lowest BCUT2D eigenvalue weighted by molar-refractivity contribution is 0.0686. The maximum Gasteiger partial charge on any atom is 0.338 e. The normalized spacial score (nSPS) is 10.7. The van der Waals surface area contributed by atoms with Crippen molar-refractivity contribution in [2.45, 2.75) is 0 Å². The molecule has 8 heteroatoms. The van der Waals surface area contributed by atoms with Gasteiger partial charge in [0, 0.05) is 5.69 Å². The van der Waals surface area contributed by atoms with E-state index in [4.69, 9.17) is 21.7 Å². The van der Waals surface area contributed by atoms with Gasteiger partial charge in [-0.05, 0) is 36.4 Å². The molecule has 2 aromatic rings. The van der Waals surface area contributed by atoms with Gasteiger partial charge in [-0.2, -0.15) is 5.11 Å². The number of anilines is 2. The van der Waals surface area contributed by atoms with Crippen molar-refractivity contribution >= 4 is 34.7 Å². The molecule has 112 valence electrons. The van der Waals surface area contributed by atoms with Crippen molar-refractivity contribution in [2.75, 3.05) is 11.5 Å². The molecular weight excluding hydrogens is 288 g/mol. The maximum absolute atomic E-state index is 11.2. The lowest BCUT2D eigenvalue weighted by atomic mass is 10.1. The van der Waals surface area contributed by atoms with Gasteiger partial charge < -0.3 is 21.7 Å². The number of carbonyl (C=O) groups is 2. The highest BCUT2D eigenvalue weighted by molar-refractivity contribution is 5.98. The number of benzene rings is 2. The molecule has 6 N–H and O–H groups in total. The predicted molar refractivity (Wildman–Crippen MR) is 79.8 cm³/mol. The van der Waals surface area contributed by atoms with Crippen LogP contribution in [0, 0.1) is 0 Å². The average molecular weight is 300 g/mol. The molecule has 2 rings (SSSR count). The van der Waals surface area contributed by atoms with Gasteiger partial charge in [0.2, 0.25) is 0 Å². The number of nitrogen functional groups attached to an aromatic ring is 2. The van der Waals surface area contributed by atoms with Crippen LogP contribution in [-0.2, 0) is 0 Å². The molecule has 0 aliphatic heterocycles. The summed E-state index contributed by atoms with van der Waals surface area (Å²) in [5, 5.41) is 25.6. The van der Waals surface area contributed by atoms with Gasteiger partial charge in [-0.1, -0.05) is 0 Å². The van der Waals surface area contributed by atoms with E-state index >= 15 is 0 Å². The van der Waals surface area contributed by atoms with Crippen molar-refractivity contribution in [2.24, 2.45) is 10.2 Å². The predicted octanol–water partition coefficient (Wildman–Crippen LogP) is 2.66. The van der Waals surface area contributed by atoms with Gasteiger partial charge in [0.1, 0.15) is 5.69 Å². The van der Waals surface area contributed by atoms with E-state index in [-0.39, 0.29) is 28.2 Å². The summed E-state index contributed by atoms with van der Waals surface area (Å²) in [4.78, 5) is 21.9. The van der Waals surface area contributed by atoms with Crippen LogP contribution in [0.4, 0.5) is 22.7 Å². The number of hydrogen-bond acceptors (Lipinski definition) is 6. The standard InChI is InChI=1S/C14H12N4O4/c15-8-5-10(14(21)22)12(11(16)6-8)18-17-9-3-1-7(2-4-9)13(19)20/h1-6H,15-16H2,(H,19,20)(H,21,22). The number of hydrogen-bond donors (Lipinski definition) is 4. The molecule has 0 saturated heterocycles. The molecule has 0 spiro atoms. The fraction of sp³-hybridized carbons (Fsp3) is 0. The number of nitrogens with two attached hydrogens (primary N) is 2. The first-order valence-electron chi connectivity index (χ1n) is 6.06. The number of nitrogens with zero attached hydrogens (tertiary/aromatic N) is 2. The molecule has 0 saturated carbocycles. The number of aromatic carboxylic acids is 2. The Labute approximate surface area is 124 Å². The third kappa shape index (κ3) is 3.18. The molecule has 2 aromatic carbocycles. The van der Waals surface area contributed by atoms with Crippen LogP contribution >= 0.6 is 0 Å². The van der Waals surface area contributed by atoms with Crippen molar-refractivity contribution < 1.29 is 19.8 Å². The second-order valence-electron chi connectivity index (χ2n) is 4.36. The summed E-state index contributed by atoms with van der Waals surface area (Å²) in [6.45, 7) is 0. The van der Waals surface area contributed by atoms with Crippen molar-refractivity contribution in [3.8, 4) is 0 Å². The fourth-order valence-corrected chi connectivity index (χ4v) is 1.73. The Hall–Kier alpha value is -3.42. The zero-order valence-electron chi connectivity index (χ0n) is 11.2. The zero-order chi connectivity index (χ0) is 16.3. The quantitative estimate of drug-likeness (QED) is 0.503. The summed E-state index contributed by atoms with van der Waals surface area (Å²) in [6.07, 6.45) is 0. The van der Waals surface area contributed by atoms with Crippen molar-refractivity contribution in [3.63, 3.8) is 0 Å². The molecule has 22 heavy (non-hydrogen) atoms. The third-order valence-corrected chi connectivity index (χ3v) is 2.77. The van der Waals surface area contributed by atoms with E-state index in [9.17, 15) is 9.59 Å². The van der Waals surface area contributed by atoms with Crippen LogP contribution in [-0.4, -0.2) is 22.2 Å². The molecule has 0 fully saturated rings. The summed E-state index contributed by atoms with van der Waals surface area (Å²) >= 11 is 0. The van der Waals surface area contributed by atoms with Crippen molar-refractivity contribution in [1.82, 2.24) is 0 Å². The Morgan fingerprint density at radius 2 is 1.55 bits per heavy atom. The fourth-order valence-electron chi connectivity index (χ4n) is 1.73. The van der Waals surface area contributed by atoms with Crippen LogP contribution in [0.3, 0.4) is 0 Å². The molecule has 0 amide bonds. The lowest BCUT2D eigenvalue weighted by Gasteiger charge is -2.05. The summed E-state index contributed by atoms with van der Waals surface area (Å²) < 4.78 is 0. The first kappa shape index (κ1) is 15.0. The van der Waals surface area contributed by atoms with Crippen LogP contribution in [0.15, 0.2) is 46.6 Å². The molecular formula is C14H12N4O4. The van der Waals surface area contributed by atoms with Gasteiger partial charge >= 0.3 is 11.9 Å². The molecule has 0 aliphatic rings. The molecule has 0 unspecified atom stereocenters. The Kier molecular flexibility index (Phi) is 4.03. The van der Waals surface area contributed by atoms with E-state index in [1.165, 1.54) is 36.4 Å². The summed E-state index contributed by atoms with van der Waals surface area (Å²) in [5.41, 5.74) is 11.8. The third-order valence-electron chi connectivity index (χ3n) is 2.77. The van der Waals surface area contributed by atoms with E-state index in [1.807, 2.05) is 0 Å². The molecule has 0 aliphatic carbocycles. The van der Waals surface area contributed by atoms with Crippen LogP contribution in [0.2, 0.25) is 0 Å².